The fourth-order valence-corrected chi connectivity index (χ4v) is 8.50. The first-order valence-corrected chi connectivity index (χ1v) is 28.4. The summed E-state index contributed by atoms with van der Waals surface area (Å²) in [6.45, 7) is 10.8. The van der Waals surface area contributed by atoms with E-state index in [-0.39, 0.29) is 69.2 Å². The fourth-order valence-electron chi connectivity index (χ4n) is 8.50. The Morgan fingerprint density at radius 3 is 1.04 bits per heavy atom. The number of amides is 2. The van der Waals surface area contributed by atoms with Gasteiger partial charge in [-0.3, -0.25) is 29.0 Å². The summed E-state index contributed by atoms with van der Waals surface area (Å²) in [6.07, 6.45) is 39.6. The minimum Gasteiger partial charge on any atom is -0.459 e. The number of hydrogen-bond donors (Lipinski definition) is 4. The lowest BCUT2D eigenvalue weighted by Crippen LogP contribution is -2.36. The summed E-state index contributed by atoms with van der Waals surface area (Å²) in [5.74, 6) is -1.22. The molecule has 0 saturated carbocycles. The van der Waals surface area contributed by atoms with Crippen LogP contribution in [0, 0.1) is 0 Å². The first-order valence-electron chi connectivity index (χ1n) is 28.4. The molecule has 0 aromatic heterocycles. The van der Waals surface area contributed by atoms with Crippen LogP contribution in [0.15, 0.2) is 24.3 Å². The Morgan fingerprint density at radius 2 is 0.725 bits per heavy atom. The molecule has 0 spiro atoms. The van der Waals surface area contributed by atoms with E-state index in [0.29, 0.717) is 12.8 Å². The second-order valence-corrected chi connectivity index (χ2v) is 19.9. The van der Waals surface area contributed by atoms with E-state index in [1.807, 2.05) is 23.9 Å². The van der Waals surface area contributed by atoms with Gasteiger partial charge in [-0.15, -0.1) is 0 Å². The summed E-state index contributed by atoms with van der Waals surface area (Å²) in [4.78, 5) is 54.6. The summed E-state index contributed by atoms with van der Waals surface area (Å²) in [6, 6.07) is 0. The second kappa shape index (κ2) is 48.8. The quantitative estimate of drug-likeness (QED) is 0.0200. The van der Waals surface area contributed by atoms with Crippen molar-refractivity contribution in [1.82, 2.24) is 20.4 Å². The van der Waals surface area contributed by atoms with Crippen LogP contribution in [0.2, 0.25) is 0 Å². The molecule has 0 aliphatic rings. The van der Waals surface area contributed by atoms with Gasteiger partial charge in [0.05, 0.1) is 32.0 Å². The maximum absolute atomic E-state index is 12.9. The number of unbranched alkanes of at least 4 members (excludes halogenated alkanes) is 24. The first-order chi connectivity index (χ1) is 33.5. The smallest absolute Gasteiger partial charge is 0.320 e. The van der Waals surface area contributed by atoms with E-state index in [9.17, 15) is 29.4 Å². The van der Waals surface area contributed by atoms with Crippen LogP contribution in [-0.2, 0) is 28.7 Å². The Hall–Kier alpha value is -2.80. The topological polar surface area (TPSA) is 158 Å². The molecule has 0 radical (unpaired) electrons. The first kappa shape index (κ1) is 66.2. The zero-order chi connectivity index (χ0) is 51.0. The number of nitrogens with one attached hydrogen (secondary N) is 2. The number of carbonyl (C=O) groups is 4. The predicted octanol–water partition coefficient (Wildman–Crippen LogP) is 12.0. The Bertz CT molecular complexity index is 1190. The molecule has 0 aromatic carbocycles. The van der Waals surface area contributed by atoms with Crippen molar-refractivity contribution in [2.75, 3.05) is 46.9 Å². The van der Waals surface area contributed by atoms with Crippen LogP contribution in [0.25, 0.3) is 0 Å². The molecule has 4 atom stereocenters. The third-order valence-corrected chi connectivity index (χ3v) is 13.0. The van der Waals surface area contributed by atoms with Gasteiger partial charge in [-0.1, -0.05) is 206 Å². The number of ether oxygens (including phenoxy) is 2. The standard InChI is InChI=1S/C57H108N4O8/c1-7-11-15-17-19-21-23-25-27-29-37-45-60(5)47-56(66)68-52(41-31-13-9-3)50(62)39-33-35-43-54(64)58-49-59-55(65)44-36-34-40-51(63)53(42-32-14-10-4)69-57(67)48-61(6)46-38-30-28-26-24-22-20-18-16-12-8-2/h33-36,50-53,62-63H,7-32,37-49H2,1-6H3,(H,58,64)(H,59,65)/b35-33+,36-34+. The van der Waals surface area contributed by atoms with Gasteiger partial charge in [0.2, 0.25) is 11.8 Å². The zero-order valence-electron chi connectivity index (χ0n) is 45.4. The van der Waals surface area contributed by atoms with Gasteiger partial charge in [0.25, 0.3) is 0 Å². The molecular weight excluding hydrogens is 869 g/mol. The molecule has 0 aliphatic heterocycles. The third-order valence-electron chi connectivity index (χ3n) is 13.0. The Morgan fingerprint density at radius 1 is 0.435 bits per heavy atom. The summed E-state index contributed by atoms with van der Waals surface area (Å²) in [5, 5.41) is 27.3. The highest BCUT2D eigenvalue weighted by molar-refractivity contribution is 5.80. The fraction of sp³-hybridized carbons (Fsp3) is 0.860. The Balaban J connectivity index is 4.52. The van der Waals surface area contributed by atoms with Crippen LogP contribution in [0.3, 0.4) is 0 Å². The van der Waals surface area contributed by atoms with Crippen molar-refractivity contribution >= 4 is 23.8 Å². The molecule has 0 rings (SSSR count). The van der Waals surface area contributed by atoms with Gasteiger partial charge in [-0.05, 0) is 78.6 Å². The number of nitrogens with zero attached hydrogens (tertiary/aromatic N) is 2. The van der Waals surface area contributed by atoms with Crippen LogP contribution in [0.5, 0.6) is 0 Å². The van der Waals surface area contributed by atoms with Gasteiger partial charge < -0.3 is 30.3 Å². The van der Waals surface area contributed by atoms with Crippen LogP contribution in [-0.4, -0.2) is 115 Å². The number of likely N-dealkylation sites (N-methyl/N-ethyl adjacent to an activating group) is 2. The number of aliphatic hydroxyl groups is 2. The van der Waals surface area contributed by atoms with Gasteiger partial charge in [-0.2, -0.15) is 0 Å². The van der Waals surface area contributed by atoms with E-state index < -0.39 is 24.4 Å². The van der Waals surface area contributed by atoms with Crippen LogP contribution in [0.1, 0.15) is 246 Å². The Labute approximate surface area is 423 Å². The highest BCUT2D eigenvalue weighted by atomic mass is 16.6. The molecule has 0 bridgehead atoms. The maximum atomic E-state index is 12.9. The molecule has 404 valence electrons. The lowest BCUT2D eigenvalue weighted by molar-refractivity contribution is -0.157. The average molecular weight is 978 g/mol. The van der Waals surface area contributed by atoms with Gasteiger partial charge in [-0.25, -0.2) is 0 Å². The van der Waals surface area contributed by atoms with Crippen LogP contribution >= 0.6 is 0 Å². The van der Waals surface area contributed by atoms with E-state index in [2.05, 4.69) is 38.3 Å². The molecule has 0 aliphatic carbocycles. The summed E-state index contributed by atoms with van der Waals surface area (Å²) in [5.41, 5.74) is 0. The van der Waals surface area contributed by atoms with E-state index in [1.165, 1.54) is 116 Å². The van der Waals surface area contributed by atoms with Crippen molar-refractivity contribution < 1.29 is 38.9 Å². The average Bonchev–Trinajstić information content (AvgIpc) is 3.32. The molecule has 0 saturated heterocycles. The number of rotatable bonds is 50. The molecule has 0 heterocycles. The lowest BCUT2D eigenvalue weighted by Gasteiger charge is -2.24. The number of hydrogen-bond acceptors (Lipinski definition) is 10. The molecule has 0 aromatic rings. The second-order valence-electron chi connectivity index (χ2n) is 19.9. The van der Waals surface area contributed by atoms with Gasteiger partial charge >= 0.3 is 11.9 Å². The van der Waals surface area contributed by atoms with Crippen molar-refractivity contribution in [3.8, 4) is 0 Å². The van der Waals surface area contributed by atoms with E-state index >= 15 is 0 Å². The highest BCUT2D eigenvalue weighted by Crippen LogP contribution is 2.18. The molecule has 2 amide bonds. The van der Waals surface area contributed by atoms with Crippen molar-refractivity contribution in [3.63, 3.8) is 0 Å². The molecule has 69 heavy (non-hydrogen) atoms. The summed E-state index contributed by atoms with van der Waals surface area (Å²) >= 11 is 0. The van der Waals surface area contributed by atoms with Crippen molar-refractivity contribution in [2.45, 2.75) is 270 Å². The molecule has 4 unspecified atom stereocenters. The number of esters is 2. The highest BCUT2D eigenvalue weighted by Gasteiger charge is 2.24. The summed E-state index contributed by atoms with van der Waals surface area (Å²) < 4.78 is 11.6. The molecular formula is C57H108N4O8. The number of aliphatic hydroxyl groups excluding tert-OH is 2. The summed E-state index contributed by atoms with van der Waals surface area (Å²) in [7, 11) is 3.88. The van der Waals surface area contributed by atoms with Crippen molar-refractivity contribution in [1.29, 1.82) is 0 Å². The zero-order valence-corrected chi connectivity index (χ0v) is 45.4. The predicted molar refractivity (Wildman–Crippen MR) is 286 cm³/mol. The monoisotopic (exact) mass is 977 g/mol. The maximum Gasteiger partial charge on any atom is 0.320 e. The normalized spacial score (nSPS) is 13.6. The van der Waals surface area contributed by atoms with Gasteiger partial charge in [0.1, 0.15) is 12.2 Å². The van der Waals surface area contributed by atoms with E-state index in [4.69, 9.17) is 9.47 Å². The minimum absolute atomic E-state index is 0.0308. The van der Waals surface area contributed by atoms with Crippen LogP contribution in [0.4, 0.5) is 0 Å². The minimum atomic E-state index is -0.877. The van der Waals surface area contributed by atoms with Crippen molar-refractivity contribution in [3.05, 3.63) is 24.3 Å². The van der Waals surface area contributed by atoms with Gasteiger partial charge in [0.15, 0.2) is 0 Å². The molecule has 4 N–H and O–H groups in total. The Kier molecular flexibility index (Phi) is 46.8. The number of carbonyl (C=O) groups excluding carboxylic acids is 4. The molecule has 0 fully saturated rings. The van der Waals surface area contributed by atoms with E-state index in [1.54, 1.807) is 24.3 Å². The van der Waals surface area contributed by atoms with E-state index in [0.717, 1.165) is 77.3 Å². The third kappa shape index (κ3) is 43.7. The largest absolute Gasteiger partial charge is 0.459 e. The lowest BCUT2D eigenvalue weighted by atomic mass is 10.0. The van der Waals surface area contributed by atoms with Gasteiger partial charge in [0, 0.05) is 12.8 Å². The molecule has 12 nitrogen and oxygen atoms in total. The molecule has 12 heteroatoms. The van der Waals surface area contributed by atoms with Crippen molar-refractivity contribution in [2.24, 2.45) is 0 Å². The van der Waals surface area contributed by atoms with Crippen LogP contribution < -0.4 is 10.6 Å². The SMILES string of the molecule is CCCCCCCCCCCCCN(C)CC(=O)OC(CCCCC)C(O)C/C=C/CC(=O)NCNC(=O)C/C=C/CC(O)C(CCCCC)OC(=O)CN(C)CCCCCCCCCCCCC.